The molecule has 1 aromatic carbocycles. The van der Waals surface area contributed by atoms with Crippen molar-refractivity contribution >= 4 is 0 Å². The van der Waals surface area contributed by atoms with Gasteiger partial charge in [0.25, 0.3) is 0 Å². The fraction of sp³-hybridized carbons (Fsp3) is 0.500. The molecular formula is C16H25NO. The molecule has 0 fully saturated rings. The van der Waals surface area contributed by atoms with Crippen LogP contribution in [0.15, 0.2) is 36.9 Å². The molecule has 0 heterocycles. The topological polar surface area (TPSA) is 21.3 Å². The predicted octanol–water partition coefficient (Wildman–Crippen LogP) is 4.09. The summed E-state index contributed by atoms with van der Waals surface area (Å²) in [6.07, 6.45) is 4.05. The molecular weight excluding hydrogens is 222 g/mol. The molecule has 2 nitrogen and oxygen atoms in total. The zero-order valence-corrected chi connectivity index (χ0v) is 11.8. The van der Waals surface area contributed by atoms with Crippen molar-refractivity contribution < 1.29 is 4.74 Å². The van der Waals surface area contributed by atoms with Crippen LogP contribution in [0.25, 0.3) is 0 Å². The van der Waals surface area contributed by atoms with Gasteiger partial charge in [0.1, 0.15) is 11.9 Å². The van der Waals surface area contributed by atoms with E-state index in [-0.39, 0.29) is 6.10 Å². The van der Waals surface area contributed by atoms with E-state index in [9.17, 15) is 0 Å². The predicted molar refractivity (Wildman–Crippen MR) is 78.1 cm³/mol. The first-order valence-corrected chi connectivity index (χ1v) is 6.84. The molecule has 1 aromatic rings. The van der Waals surface area contributed by atoms with Gasteiger partial charge < -0.3 is 10.1 Å². The van der Waals surface area contributed by atoms with Crippen molar-refractivity contribution in [3.63, 3.8) is 0 Å². The second-order valence-corrected chi connectivity index (χ2v) is 4.51. The molecule has 2 atom stereocenters. The Morgan fingerprint density at radius 1 is 1.33 bits per heavy atom. The van der Waals surface area contributed by atoms with E-state index in [2.05, 4.69) is 37.9 Å². The van der Waals surface area contributed by atoms with Crippen molar-refractivity contribution in [2.24, 2.45) is 0 Å². The van der Waals surface area contributed by atoms with Crippen molar-refractivity contribution in [3.05, 3.63) is 42.5 Å². The highest BCUT2D eigenvalue weighted by Crippen LogP contribution is 2.28. The molecule has 1 N–H and O–H groups in total. The summed E-state index contributed by atoms with van der Waals surface area (Å²) in [4.78, 5) is 0. The summed E-state index contributed by atoms with van der Waals surface area (Å²) >= 11 is 0. The van der Waals surface area contributed by atoms with Gasteiger partial charge in [0.05, 0.1) is 0 Å². The quantitative estimate of drug-likeness (QED) is 0.699. The van der Waals surface area contributed by atoms with Gasteiger partial charge in [-0.2, -0.15) is 0 Å². The molecule has 0 spiro atoms. The monoisotopic (exact) mass is 247 g/mol. The lowest BCUT2D eigenvalue weighted by molar-refractivity contribution is 0.264. The summed E-state index contributed by atoms with van der Waals surface area (Å²) in [6, 6.07) is 8.62. The van der Waals surface area contributed by atoms with Crippen molar-refractivity contribution in [1.29, 1.82) is 0 Å². The lowest BCUT2D eigenvalue weighted by Gasteiger charge is -2.21. The average Bonchev–Trinajstić information content (AvgIpc) is 2.41. The van der Waals surface area contributed by atoms with Gasteiger partial charge in [-0.1, -0.05) is 44.7 Å². The normalized spacial score (nSPS) is 13.9. The minimum absolute atomic E-state index is 0.0369. The zero-order chi connectivity index (χ0) is 13.4. The van der Waals surface area contributed by atoms with Crippen molar-refractivity contribution in [1.82, 2.24) is 5.32 Å². The van der Waals surface area contributed by atoms with Crippen LogP contribution in [0.2, 0.25) is 0 Å². The van der Waals surface area contributed by atoms with Crippen LogP contribution in [0, 0.1) is 0 Å². The van der Waals surface area contributed by atoms with Gasteiger partial charge in [-0.05, 0) is 32.4 Å². The summed E-state index contributed by atoms with van der Waals surface area (Å²) in [5.74, 6) is 0.959. The molecule has 0 saturated heterocycles. The van der Waals surface area contributed by atoms with E-state index < -0.39 is 0 Å². The van der Waals surface area contributed by atoms with Gasteiger partial charge in [-0.3, -0.25) is 0 Å². The average molecular weight is 247 g/mol. The molecule has 0 saturated carbocycles. The molecule has 2 unspecified atom stereocenters. The smallest absolute Gasteiger partial charge is 0.124 e. The molecule has 2 heteroatoms. The summed E-state index contributed by atoms with van der Waals surface area (Å²) in [7, 11) is 0. The fourth-order valence-electron chi connectivity index (χ4n) is 1.92. The van der Waals surface area contributed by atoms with Crippen LogP contribution in [0.5, 0.6) is 5.75 Å². The molecule has 0 radical (unpaired) electrons. The van der Waals surface area contributed by atoms with Crippen molar-refractivity contribution in [2.75, 3.05) is 6.54 Å². The van der Waals surface area contributed by atoms with E-state index >= 15 is 0 Å². The molecule has 18 heavy (non-hydrogen) atoms. The molecule has 100 valence electrons. The largest absolute Gasteiger partial charge is 0.486 e. The Balaban J connectivity index is 2.87. The Hall–Kier alpha value is -1.28. The van der Waals surface area contributed by atoms with Crippen LogP contribution in [-0.4, -0.2) is 12.6 Å². The maximum absolute atomic E-state index is 5.90. The van der Waals surface area contributed by atoms with Crippen LogP contribution < -0.4 is 10.1 Å². The molecule has 0 aromatic heterocycles. The number of hydrogen-bond acceptors (Lipinski definition) is 2. The lowest BCUT2D eigenvalue weighted by atomic mass is 10.0. The van der Waals surface area contributed by atoms with Gasteiger partial charge in [-0.25, -0.2) is 0 Å². The number of benzene rings is 1. The number of hydrogen-bond donors (Lipinski definition) is 1. The Morgan fingerprint density at radius 3 is 2.67 bits per heavy atom. The number of rotatable bonds is 8. The third-order valence-electron chi connectivity index (χ3n) is 2.99. The summed E-state index contributed by atoms with van der Waals surface area (Å²) in [6.45, 7) is 11.2. The summed E-state index contributed by atoms with van der Waals surface area (Å²) in [5, 5.41) is 3.56. The highest BCUT2D eigenvalue weighted by Gasteiger charge is 2.14. The van der Waals surface area contributed by atoms with Crippen molar-refractivity contribution in [2.45, 2.75) is 45.8 Å². The van der Waals surface area contributed by atoms with Crippen LogP contribution in [0.1, 0.15) is 45.2 Å². The highest BCUT2D eigenvalue weighted by molar-refractivity contribution is 5.36. The van der Waals surface area contributed by atoms with E-state index in [1.807, 2.05) is 25.1 Å². The Morgan fingerprint density at radius 2 is 2.06 bits per heavy atom. The third kappa shape index (κ3) is 4.19. The van der Waals surface area contributed by atoms with Gasteiger partial charge >= 0.3 is 0 Å². The van der Waals surface area contributed by atoms with E-state index in [0.717, 1.165) is 25.1 Å². The van der Waals surface area contributed by atoms with Gasteiger partial charge in [-0.15, -0.1) is 0 Å². The molecule has 0 aliphatic rings. The standard InChI is InChI=1S/C16H25NO/c1-5-12-17-15(7-3)14-10-8-9-11-16(14)18-13(4)6-2/h6,8-11,13,15,17H,2,5,7,12H2,1,3-4H3. The maximum atomic E-state index is 5.90. The van der Waals surface area contributed by atoms with Gasteiger partial charge in [0, 0.05) is 11.6 Å². The maximum Gasteiger partial charge on any atom is 0.124 e. The van der Waals surface area contributed by atoms with Crippen LogP contribution in [-0.2, 0) is 0 Å². The molecule has 0 amide bonds. The van der Waals surface area contributed by atoms with Crippen LogP contribution in [0.3, 0.4) is 0 Å². The van der Waals surface area contributed by atoms with E-state index in [1.165, 1.54) is 5.56 Å². The Kier molecular flexibility index (Phi) is 6.51. The van der Waals surface area contributed by atoms with Gasteiger partial charge in [0.2, 0.25) is 0 Å². The summed E-state index contributed by atoms with van der Waals surface area (Å²) in [5.41, 5.74) is 1.24. The minimum atomic E-state index is 0.0369. The fourth-order valence-corrected chi connectivity index (χ4v) is 1.92. The number of para-hydroxylation sites is 1. The van der Waals surface area contributed by atoms with Crippen molar-refractivity contribution in [3.8, 4) is 5.75 Å². The second-order valence-electron chi connectivity index (χ2n) is 4.51. The van der Waals surface area contributed by atoms with E-state index in [1.54, 1.807) is 0 Å². The first-order valence-electron chi connectivity index (χ1n) is 6.84. The Bertz CT molecular complexity index is 362. The second kappa shape index (κ2) is 7.93. The summed E-state index contributed by atoms with van der Waals surface area (Å²) < 4.78 is 5.90. The minimum Gasteiger partial charge on any atom is -0.486 e. The molecule has 1 rings (SSSR count). The van der Waals surface area contributed by atoms with Gasteiger partial charge in [0.15, 0.2) is 0 Å². The number of nitrogens with one attached hydrogen (secondary N) is 1. The third-order valence-corrected chi connectivity index (χ3v) is 2.99. The first-order chi connectivity index (χ1) is 8.72. The Labute approximate surface area is 111 Å². The number of ether oxygens (including phenoxy) is 1. The lowest BCUT2D eigenvalue weighted by Crippen LogP contribution is -2.22. The highest BCUT2D eigenvalue weighted by atomic mass is 16.5. The molecule has 0 aliphatic heterocycles. The molecule has 0 aliphatic carbocycles. The SMILES string of the molecule is C=CC(C)Oc1ccccc1C(CC)NCCC. The van der Waals surface area contributed by atoms with E-state index in [4.69, 9.17) is 4.74 Å². The van der Waals surface area contributed by atoms with Crippen LogP contribution in [0.4, 0.5) is 0 Å². The van der Waals surface area contributed by atoms with Crippen LogP contribution >= 0.6 is 0 Å². The van der Waals surface area contributed by atoms with E-state index in [0.29, 0.717) is 6.04 Å². The zero-order valence-electron chi connectivity index (χ0n) is 11.8. The molecule has 0 bridgehead atoms. The first kappa shape index (κ1) is 14.8.